The number of rotatable bonds is 3. The van der Waals surface area contributed by atoms with Gasteiger partial charge in [-0.15, -0.1) is 0 Å². The standard InChI is InChI=1S/C14H23N3O3/c1-9-5-13(3,4)7-14(6-9,8-18)16-12(19)11-15-10(2)20-17-11/h9,18H,5-8H2,1-4H3,(H,16,19). The Balaban J connectivity index is 2.17. The number of aliphatic hydroxyl groups is 1. The Kier molecular flexibility index (Phi) is 3.86. The molecule has 2 unspecified atom stereocenters. The van der Waals surface area contributed by atoms with E-state index < -0.39 is 5.54 Å². The fourth-order valence-electron chi connectivity index (χ4n) is 3.69. The van der Waals surface area contributed by atoms with Crippen LogP contribution in [0, 0.1) is 18.3 Å². The van der Waals surface area contributed by atoms with Gasteiger partial charge in [-0.2, -0.15) is 4.98 Å². The molecule has 1 heterocycles. The molecule has 1 fully saturated rings. The first kappa shape index (κ1) is 15.0. The third kappa shape index (κ3) is 3.17. The normalized spacial score (nSPS) is 29.1. The van der Waals surface area contributed by atoms with Crippen LogP contribution in [0.5, 0.6) is 0 Å². The second-order valence-electron chi connectivity index (χ2n) is 6.88. The highest BCUT2D eigenvalue weighted by Crippen LogP contribution is 2.43. The molecule has 0 aromatic carbocycles. The van der Waals surface area contributed by atoms with E-state index in [-0.39, 0.29) is 23.8 Å². The van der Waals surface area contributed by atoms with Crippen LogP contribution < -0.4 is 5.32 Å². The lowest BCUT2D eigenvalue weighted by atomic mass is 9.64. The third-order valence-corrected chi connectivity index (χ3v) is 3.87. The molecule has 0 bridgehead atoms. The molecule has 1 aliphatic carbocycles. The Morgan fingerprint density at radius 2 is 2.20 bits per heavy atom. The predicted octanol–water partition coefficient (Wildman–Crippen LogP) is 1.69. The van der Waals surface area contributed by atoms with Gasteiger partial charge < -0.3 is 14.9 Å². The van der Waals surface area contributed by atoms with Crippen molar-refractivity contribution in [2.24, 2.45) is 11.3 Å². The van der Waals surface area contributed by atoms with Gasteiger partial charge in [-0.3, -0.25) is 4.79 Å². The Labute approximate surface area is 118 Å². The van der Waals surface area contributed by atoms with E-state index in [1.165, 1.54) is 0 Å². The summed E-state index contributed by atoms with van der Waals surface area (Å²) >= 11 is 0. The number of hydrogen-bond donors (Lipinski definition) is 2. The summed E-state index contributed by atoms with van der Waals surface area (Å²) < 4.78 is 4.82. The maximum atomic E-state index is 12.2. The summed E-state index contributed by atoms with van der Waals surface area (Å²) in [5.41, 5.74) is -0.520. The zero-order valence-electron chi connectivity index (χ0n) is 12.6. The van der Waals surface area contributed by atoms with Crippen LogP contribution in [-0.4, -0.2) is 33.3 Å². The molecule has 0 radical (unpaired) electrons. The van der Waals surface area contributed by atoms with Crippen molar-refractivity contribution in [1.82, 2.24) is 15.5 Å². The molecular weight excluding hydrogens is 258 g/mol. The van der Waals surface area contributed by atoms with Crippen LogP contribution in [0.3, 0.4) is 0 Å². The summed E-state index contributed by atoms with van der Waals surface area (Å²) in [6.45, 7) is 8.03. The van der Waals surface area contributed by atoms with Crippen molar-refractivity contribution in [3.05, 3.63) is 11.7 Å². The quantitative estimate of drug-likeness (QED) is 0.880. The molecular formula is C14H23N3O3. The van der Waals surface area contributed by atoms with Crippen LogP contribution in [0.4, 0.5) is 0 Å². The van der Waals surface area contributed by atoms with Gasteiger partial charge in [-0.1, -0.05) is 25.9 Å². The van der Waals surface area contributed by atoms with Gasteiger partial charge >= 0.3 is 0 Å². The van der Waals surface area contributed by atoms with Crippen LogP contribution in [0.1, 0.15) is 56.5 Å². The van der Waals surface area contributed by atoms with Gasteiger partial charge in [0.05, 0.1) is 12.1 Å². The SMILES string of the molecule is Cc1nc(C(=O)NC2(CO)CC(C)CC(C)(C)C2)no1. The van der Waals surface area contributed by atoms with E-state index in [1.54, 1.807) is 6.92 Å². The number of aromatic nitrogens is 2. The average Bonchev–Trinajstić information content (AvgIpc) is 2.73. The molecule has 6 nitrogen and oxygen atoms in total. The number of aliphatic hydroxyl groups excluding tert-OH is 1. The van der Waals surface area contributed by atoms with Crippen LogP contribution in [0.2, 0.25) is 0 Å². The number of aryl methyl sites for hydroxylation is 1. The fourth-order valence-corrected chi connectivity index (χ4v) is 3.69. The number of nitrogens with one attached hydrogen (secondary N) is 1. The zero-order valence-corrected chi connectivity index (χ0v) is 12.6. The molecule has 0 saturated heterocycles. The highest BCUT2D eigenvalue weighted by Gasteiger charge is 2.44. The van der Waals surface area contributed by atoms with Gasteiger partial charge in [-0.05, 0) is 30.6 Å². The smallest absolute Gasteiger partial charge is 0.293 e. The van der Waals surface area contributed by atoms with Crippen LogP contribution >= 0.6 is 0 Å². The van der Waals surface area contributed by atoms with Gasteiger partial charge in [-0.25, -0.2) is 0 Å². The summed E-state index contributed by atoms with van der Waals surface area (Å²) in [5, 5.41) is 16.4. The molecule has 2 rings (SSSR count). The number of hydrogen-bond acceptors (Lipinski definition) is 5. The monoisotopic (exact) mass is 281 g/mol. The largest absolute Gasteiger partial charge is 0.394 e. The summed E-state index contributed by atoms with van der Waals surface area (Å²) in [6.07, 6.45) is 2.59. The van der Waals surface area contributed by atoms with E-state index in [4.69, 9.17) is 4.52 Å². The molecule has 2 N–H and O–H groups in total. The molecule has 0 aliphatic heterocycles. The van der Waals surface area contributed by atoms with Gasteiger partial charge in [0, 0.05) is 6.92 Å². The second-order valence-corrected chi connectivity index (χ2v) is 6.88. The molecule has 0 spiro atoms. The average molecular weight is 281 g/mol. The highest BCUT2D eigenvalue weighted by atomic mass is 16.5. The summed E-state index contributed by atoms with van der Waals surface area (Å²) in [6, 6.07) is 0. The van der Waals surface area contributed by atoms with E-state index in [2.05, 4.69) is 36.2 Å². The van der Waals surface area contributed by atoms with Crippen molar-refractivity contribution >= 4 is 5.91 Å². The Hall–Kier alpha value is -1.43. The summed E-state index contributed by atoms with van der Waals surface area (Å²) in [7, 11) is 0. The Morgan fingerprint density at radius 1 is 1.50 bits per heavy atom. The van der Waals surface area contributed by atoms with E-state index in [0.29, 0.717) is 11.8 Å². The zero-order chi connectivity index (χ0) is 15.0. The molecule has 1 aromatic heterocycles. The van der Waals surface area contributed by atoms with E-state index in [1.807, 2.05) is 0 Å². The summed E-state index contributed by atoms with van der Waals surface area (Å²) in [5.74, 6) is 0.427. The molecule has 1 aromatic rings. The molecule has 1 amide bonds. The van der Waals surface area contributed by atoms with E-state index in [0.717, 1.165) is 19.3 Å². The van der Waals surface area contributed by atoms with E-state index >= 15 is 0 Å². The number of amides is 1. The molecule has 1 saturated carbocycles. The minimum atomic E-state index is -0.604. The molecule has 2 atom stereocenters. The maximum absolute atomic E-state index is 12.2. The van der Waals surface area contributed by atoms with Crippen molar-refractivity contribution in [1.29, 1.82) is 0 Å². The lowest BCUT2D eigenvalue weighted by Crippen LogP contribution is -2.57. The van der Waals surface area contributed by atoms with Crippen LogP contribution in [0.25, 0.3) is 0 Å². The van der Waals surface area contributed by atoms with Crippen molar-refractivity contribution in [2.45, 2.75) is 52.5 Å². The predicted molar refractivity (Wildman–Crippen MR) is 73.1 cm³/mol. The molecule has 20 heavy (non-hydrogen) atoms. The molecule has 1 aliphatic rings. The minimum Gasteiger partial charge on any atom is -0.394 e. The van der Waals surface area contributed by atoms with Crippen LogP contribution in [0.15, 0.2) is 4.52 Å². The van der Waals surface area contributed by atoms with Gasteiger partial charge in [0.1, 0.15) is 0 Å². The first-order valence-electron chi connectivity index (χ1n) is 6.99. The number of nitrogens with zero attached hydrogens (tertiary/aromatic N) is 2. The first-order valence-corrected chi connectivity index (χ1v) is 6.99. The maximum Gasteiger partial charge on any atom is 0.293 e. The van der Waals surface area contributed by atoms with Gasteiger partial charge in [0.2, 0.25) is 5.89 Å². The number of carbonyl (C=O) groups is 1. The Bertz CT molecular complexity index is 498. The molecule has 112 valence electrons. The summed E-state index contributed by atoms with van der Waals surface area (Å²) in [4.78, 5) is 16.1. The lowest BCUT2D eigenvalue weighted by Gasteiger charge is -2.47. The highest BCUT2D eigenvalue weighted by molar-refractivity contribution is 5.90. The third-order valence-electron chi connectivity index (χ3n) is 3.87. The van der Waals surface area contributed by atoms with E-state index in [9.17, 15) is 9.90 Å². The van der Waals surface area contributed by atoms with Gasteiger partial charge in [0.25, 0.3) is 11.7 Å². The van der Waals surface area contributed by atoms with Crippen molar-refractivity contribution < 1.29 is 14.4 Å². The van der Waals surface area contributed by atoms with Crippen molar-refractivity contribution in [2.75, 3.05) is 6.61 Å². The number of carbonyl (C=O) groups excluding carboxylic acids is 1. The minimum absolute atomic E-state index is 0.0198. The topological polar surface area (TPSA) is 88.2 Å². The fraction of sp³-hybridized carbons (Fsp3) is 0.786. The van der Waals surface area contributed by atoms with Gasteiger partial charge in [0.15, 0.2) is 0 Å². The molecule has 6 heteroatoms. The van der Waals surface area contributed by atoms with Crippen LogP contribution in [-0.2, 0) is 0 Å². The second kappa shape index (κ2) is 5.16. The van der Waals surface area contributed by atoms with Crippen molar-refractivity contribution in [3.63, 3.8) is 0 Å². The first-order chi connectivity index (χ1) is 9.25. The van der Waals surface area contributed by atoms with Crippen molar-refractivity contribution in [3.8, 4) is 0 Å². The Morgan fingerprint density at radius 3 is 2.70 bits per heavy atom. The lowest BCUT2D eigenvalue weighted by molar-refractivity contribution is 0.0329.